The summed E-state index contributed by atoms with van der Waals surface area (Å²) in [5.74, 6) is -7.49. The second-order valence-corrected chi connectivity index (χ2v) is 5.03. The van der Waals surface area contributed by atoms with Crippen molar-refractivity contribution in [2.75, 3.05) is 26.7 Å². The first-order valence-corrected chi connectivity index (χ1v) is 5.35. The van der Waals surface area contributed by atoms with Crippen LogP contribution in [0.2, 0.25) is 0 Å². The van der Waals surface area contributed by atoms with Gasteiger partial charge in [-0.05, 0) is 20.9 Å². The number of nitrogens with zero attached hydrogens (tertiary/aromatic N) is 2. The highest BCUT2D eigenvalue weighted by Gasteiger charge is 2.65. The van der Waals surface area contributed by atoms with Crippen LogP contribution in [0.1, 0.15) is 13.8 Å². The van der Waals surface area contributed by atoms with Crippen LogP contribution in [-0.4, -0.2) is 60.0 Å². The average molecular weight is 274 g/mol. The van der Waals surface area contributed by atoms with Crippen LogP contribution in [-0.2, 0) is 4.79 Å². The summed E-state index contributed by atoms with van der Waals surface area (Å²) in [5.41, 5.74) is -0.629. The van der Waals surface area contributed by atoms with Gasteiger partial charge in [-0.1, -0.05) is 0 Å². The predicted octanol–water partition coefficient (Wildman–Crippen LogP) is 1.74. The van der Waals surface area contributed by atoms with Gasteiger partial charge in [0.15, 0.2) is 0 Å². The molecule has 0 radical (unpaired) electrons. The molecule has 0 atom stereocenters. The van der Waals surface area contributed by atoms with E-state index in [2.05, 4.69) is 0 Å². The Balaban J connectivity index is 2.87. The molecule has 0 aromatic carbocycles. The SMILES string of the molecule is CN1CCN(C(=O)C(F)(F)C(F)(F)F)CC1(C)C. The number of alkyl halides is 5. The lowest BCUT2D eigenvalue weighted by Gasteiger charge is -2.45. The third-order valence-electron chi connectivity index (χ3n) is 3.23. The summed E-state index contributed by atoms with van der Waals surface area (Å²) in [6.45, 7) is 3.32. The Labute approximate surface area is 102 Å². The fraction of sp³-hybridized carbons (Fsp3) is 0.900. The molecular weight excluding hydrogens is 259 g/mol. The van der Waals surface area contributed by atoms with E-state index < -0.39 is 23.5 Å². The summed E-state index contributed by atoms with van der Waals surface area (Å²) in [6.07, 6.45) is -5.85. The van der Waals surface area contributed by atoms with Crippen molar-refractivity contribution in [2.45, 2.75) is 31.5 Å². The second kappa shape index (κ2) is 4.32. The minimum absolute atomic E-state index is 0.134. The predicted molar refractivity (Wildman–Crippen MR) is 54.3 cm³/mol. The van der Waals surface area contributed by atoms with Gasteiger partial charge in [-0.2, -0.15) is 22.0 Å². The summed E-state index contributed by atoms with van der Waals surface area (Å²) in [7, 11) is 1.73. The van der Waals surface area contributed by atoms with E-state index in [9.17, 15) is 26.7 Å². The maximum absolute atomic E-state index is 12.9. The Morgan fingerprint density at radius 1 is 1.11 bits per heavy atom. The standard InChI is InChI=1S/C10H15F5N2O/c1-8(2)6-17(5-4-16(8)3)7(18)9(11,12)10(13,14)15/h4-6H2,1-3H3. The number of carbonyl (C=O) groups excluding carboxylic acids is 1. The lowest BCUT2D eigenvalue weighted by Crippen LogP contribution is -2.63. The van der Waals surface area contributed by atoms with E-state index in [-0.39, 0.29) is 19.6 Å². The molecule has 0 unspecified atom stereocenters. The van der Waals surface area contributed by atoms with Crippen molar-refractivity contribution >= 4 is 5.91 Å². The van der Waals surface area contributed by atoms with Crippen LogP contribution in [0.5, 0.6) is 0 Å². The summed E-state index contributed by atoms with van der Waals surface area (Å²) < 4.78 is 62.2. The number of halogens is 5. The van der Waals surface area contributed by atoms with Gasteiger partial charge in [0, 0.05) is 25.2 Å². The Bertz CT molecular complexity index is 340. The molecule has 106 valence electrons. The van der Waals surface area contributed by atoms with Crippen LogP contribution in [0.25, 0.3) is 0 Å². The molecule has 0 bridgehead atoms. The summed E-state index contributed by atoms with van der Waals surface area (Å²) >= 11 is 0. The van der Waals surface area contributed by atoms with E-state index in [0.29, 0.717) is 4.90 Å². The van der Waals surface area contributed by atoms with Crippen molar-refractivity contribution in [1.29, 1.82) is 0 Å². The van der Waals surface area contributed by atoms with Gasteiger partial charge in [0.25, 0.3) is 0 Å². The van der Waals surface area contributed by atoms with Gasteiger partial charge in [0.1, 0.15) is 0 Å². The molecule has 0 saturated carbocycles. The van der Waals surface area contributed by atoms with Crippen LogP contribution in [0.3, 0.4) is 0 Å². The molecule has 1 amide bonds. The Morgan fingerprint density at radius 2 is 1.61 bits per heavy atom. The molecule has 0 N–H and O–H groups in total. The van der Waals surface area contributed by atoms with Gasteiger partial charge in [-0.15, -0.1) is 0 Å². The second-order valence-electron chi connectivity index (χ2n) is 5.03. The molecule has 0 aromatic rings. The molecule has 1 rings (SSSR count). The highest BCUT2D eigenvalue weighted by atomic mass is 19.4. The van der Waals surface area contributed by atoms with Crippen LogP contribution in [0.15, 0.2) is 0 Å². The number of carbonyl (C=O) groups is 1. The highest BCUT2D eigenvalue weighted by molar-refractivity contribution is 5.84. The maximum Gasteiger partial charge on any atom is 0.463 e. The molecule has 18 heavy (non-hydrogen) atoms. The van der Waals surface area contributed by atoms with Gasteiger partial charge < -0.3 is 4.90 Å². The molecule has 3 nitrogen and oxygen atoms in total. The van der Waals surface area contributed by atoms with Gasteiger partial charge in [-0.3, -0.25) is 9.69 Å². The van der Waals surface area contributed by atoms with Crippen molar-refractivity contribution in [1.82, 2.24) is 9.80 Å². The van der Waals surface area contributed by atoms with E-state index >= 15 is 0 Å². The van der Waals surface area contributed by atoms with Gasteiger partial charge >= 0.3 is 18.0 Å². The van der Waals surface area contributed by atoms with E-state index in [1.807, 2.05) is 4.90 Å². The first-order chi connectivity index (χ1) is 7.89. The third kappa shape index (κ3) is 2.57. The Hall–Kier alpha value is -0.920. The fourth-order valence-corrected chi connectivity index (χ4v) is 1.73. The number of amides is 1. The van der Waals surface area contributed by atoms with Crippen LogP contribution in [0.4, 0.5) is 22.0 Å². The minimum atomic E-state index is -5.85. The van der Waals surface area contributed by atoms with Gasteiger partial charge in [0.2, 0.25) is 0 Å². The van der Waals surface area contributed by atoms with Crippen molar-refractivity contribution in [3.63, 3.8) is 0 Å². The topological polar surface area (TPSA) is 23.6 Å². The molecule has 0 aliphatic carbocycles. The lowest BCUT2D eigenvalue weighted by molar-refractivity contribution is -0.275. The monoisotopic (exact) mass is 274 g/mol. The van der Waals surface area contributed by atoms with Crippen LogP contribution in [0, 0.1) is 0 Å². The normalized spacial score (nSPS) is 22.1. The maximum atomic E-state index is 12.9. The molecule has 1 saturated heterocycles. The number of rotatable bonds is 1. The van der Waals surface area contributed by atoms with Crippen LogP contribution >= 0.6 is 0 Å². The molecule has 1 heterocycles. The average Bonchev–Trinajstić information content (AvgIpc) is 2.19. The van der Waals surface area contributed by atoms with Gasteiger partial charge in [-0.25, -0.2) is 0 Å². The fourth-order valence-electron chi connectivity index (χ4n) is 1.73. The van der Waals surface area contributed by atoms with E-state index in [1.54, 1.807) is 20.9 Å². The number of hydrogen-bond acceptors (Lipinski definition) is 2. The van der Waals surface area contributed by atoms with Crippen molar-refractivity contribution < 1.29 is 26.7 Å². The number of hydrogen-bond donors (Lipinski definition) is 0. The lowest BCUT2D eigenvalue weighted by atomic mass is 9.99. The van der Waals surface area contributed by atoms with Crippen molar-refractivity contribution in [3.05, 3.63) is 0 Å². The zero-order valence-electron chi connectivity index (χ0n) is 10.3. The summed E-state index contributed by atoms with van der Waals surface area (Å²) in [4.78, 5) is 13.7. The Morgan fingerprint density at radius 3 is 2.00 bits per heavy atom. The molecule has 8 heteroatoms. The first-order valence-electron chi connectivity index (χ1n) is 5.35. The van der Waals surface area contributed by atoms with Gasteiger partial charge in [0.05, 0.1) is 0 Å². The molecule has 0 spiro atoms. The third-order valence-corrected chi connectivity index (χ3v) is 3.23. The highest BCUT2D eigenvalue weighted by Crippen LogP contribution is 2.37. The zero-order valence-corrected chi connectivity index (χ0v) is 10.3. The zero-order chi connectivity index (χ0) is 14.4. The van der Waals surface area contributed by atoms with E-state index in [0.717, 1.165) is 0 Å². The van der Waals surface area contributed by atoms with Crippen LogP contribution < -0.4 is 0 Å². The van der Waals surface area contributed by atoms with E-state index in [1.165, 1.54) is 0 Å². The van der Waals surface area contributed by atoms with Crippen molar-refractivity contribution in [2.24, 2.45) is 0 Å². The summed E-state index contributed by atoms with van der Waals surface area (Å²) in [5, 5.41) is 0. The quantitative estimate of drug-likeness (QED) is 0.680. The molecular formula is C10H15F5N2O. The molecule has 0 aromatic heterocycles. The molecule has 1 aliphatic rings. The number of piperazine rings is 1. The molecule has 1 fully saturated rings. The minimum Gasteiger partial charge on any atom is -0.334 e. The summed E-state index contributed by atoms with van der Waals surface area (Å²) in [6, 6.07) is 0. The molecule has 1 aliphatic heterocycles. The first kappa shape index (κ1) is 15.1. The van der Waals surface area contributed by atoms with Crippen molar-refractivity contribution in [3.8, 4) is 0 Å². The van der Waals surface area contributed by atoms with E-state index in [4.69, 9.17) is 0 Å². The largest absolute Gasteiger partial charge is 0.463 e. The smallest absolute Gasteiger partial charge is 0.334 e. The number of likely N-dealkylation sites (N-methyl/N-ethyl adjacent to an activating group) is 1. The Kier molecular flexibility index (Phi) is 3.64.